The smallest absolute Gasteiger partial charge is 0.333 e. The molecule has 608 valence electrons. The van der Waals surface area contributed by atoms with Crippen LogP contribution in [-0.4, -0.2) is 197 Å². The monoisotopic (exact) mass is 1940 g/mol. The van der Waals surface area contributed by atoms with E-state index in [0.717, 1.165) is 58.1 Å². The SMILES string of the molecule is O=c1c(Br)cn([C@@H]2O[C@H](CO)[C@H](O)C2O)c(=O)n1CC(F)(F)c1ccccc1.O=c1c(Br)cn([C@@H]2O[C@H](CO)[C@H](O)C2O)c(=O)n1CCc1ccc(F)cc1F.O=c1c(I)cn([C@@H]2O[C@H](CO)[C@H](O)C2O)c(=O)n1CC(F)(F)c1ccccc1.O=c1c(I)cn([C@@H]2O[C@H](CO)[C@H](O)C2O)c(=O)n1CCc1ccc(F)cc1F. The number of rotatable bonds is 20. The van der Waals surface area contributed by atoms with Gasteiger partial charge in [0.25, 0.3) is 34.1 Å². The van der Waals surface area contributed by atoms with E-state index < -0.39 is 218 Å². The molecule has 0 radical (unpaired) electrons. The Labute approximate surface area is 666 Å². The van der Waals surface area contributed by atoms with Gasteiger partial charge in [-0.15, -0.1) is 0 Å². The zero-order chi connectivity index (χ0) is 82.4. The number of aliphatic hydroxyl groups is 12. The quantitative estimate of drug-likeness (QED) is 0.0349. The molecule has 4 aromatic heterocycles. The molecule has 0 spiro atoms. The Hall–Kier alpha value is -7.18. The van der Waals surface area contributed by atoms with E-state index in [1.807, 2.05) is 0 Å². The zero-order valence-corrected chi connectivity index (χ0v) is 64.7. The Morgan fingerprint density at radius 2 is 0.643 bits per heavy atom. The molecule has 4 aliphatic heterocycles. The fourth-order valence-electron chi connectivity index (χ4n) is 12.0. The number of ether oxygens (including phenoxy) is 4. The van der Waals surface area contributed by atoms with Crippen LogP contribution in [-0.2, 0) is 69.8 Å². The van der Waals surface area contributed by atoms with E-state index in [-0.39, 0.29) is 64.3 Å². The molecule has 8 aromatic rings. The Bertz CT molecular complexity index is 4870. The predicted molar refractivity (Wildman–Crippen MR) is 394 cm³/mol. The van der Waals surface area contributed by atoms with Gasteiger partial charge >= 0.3 is 22.8 Å². The van der Waals surface area contributed by atoms with Gasteiger partial charge in [-0.05, 0) is 113 Å². The molecule has 4 fully saturated rings. The van der Waals surface area contributed by atoms with Gasteiger partial charge in [0.1, 0.15) is 96.5 Å². The summed E-state index contributed by atoms with van der Waals surface area (Å²) < 4.78 is 139. The molecule has 0 amide bonds. The maximum absolute atomic E-state index is 14.6. The van der Waals surface area contributed by atoms with Crippen molar-refractivity contribution in [3.63, 3.8) is 0 Å². The zero-order valence-electron chi connectivity index (χ0n) is 57.2. The van der Waals surface area contributed by atoms with Crippen LogP contribution in [0.15, 0.2) is 169 Å². The number of hydrogen-bond acceptors (Lipinski definition) is 24. The van der Waals surface area contributed by atoms with Gasteiger partial charge in [-0.3, -0.25) is 55.7 Å². The van der Waals surface area contributed by atoms with E-state index in [4.69, 9.17) is 18.9 Å². The van der Waals surface area contributed by atoms with Crippen LogP contribution in [0.25, 0.3) is 0 Å². The number of hydrogen-bond donors (Lipinski definition) is 12. The van der Waals surface area contributed by atoms with E-state index in [1.54, 1.807) is 57.3 Å². The van der Waals surface area contributed by atoms with E-state index in [0.29, 0.717) is 21.3 Å². The summed E-state index contributed by atoms with van der Waals surface area (Å²) in [4.78, 5) is 100. The molecular weight excluding hydrogens is 1880 g/mol. The molecule has 16 atom stereocenters. The van der Waals surface area contributed by atoms with Crippen LogP contribution in [0, 0.1) is 30.4 Å². The minimum atomic E-state index is -3.52. The lowest BCUT2D eigenvalue weighted by Gasteiger charge is -2.22. The second-order valence-electron chi connectivity index (χ2n) is 25.4. The van der Waals surface area contributed by atoms with Crippen molar-refractivity contribution >= 4 is 77.0 Å². The molecule has 0 aliphatic carbocycles. The number of benzene rings is 4. The first-order valence-corrected chi connectivity index (χ1v) is 36.9. The molecule has 32 nitrogen and oxygen atoms in total. The number of aryl methyl sites for hydroxylation is 2. The third kappa shape index (κ3) is 19.3. The van der Waals surface area contributed by atoms with Crippen LogP contribution in [0.4, 0.5) is 35.1 Å². The predicted octanol–water partition coefficient (Wildman–Crippen LogP) is -0.154. The van der Waals surface area contributed by atoms with Crippen LogP contribution in [0.3, 0.4) is 0 Å². The van der Waals surface area contributed by atoms with Gasteiger partial charge in [-0.25, -0.2) is 36.7 Å². The van der Waals surface area contributed by atoms with E-state index >= 15 is 0 Å². The Morgan fingerprint density at radius 1 is 0.375 bits per heavy atom. The Kier molecular flexibility index (Phi) is 29.8. The summed E-state index contributed by atoms with van der Waals surface area (Å²) in [5.74, 6) is -10.1. The summed E-state index contributed by atoms with van der Waals surface area (Å²) in [5, 5.41) is 117. The fourth-order valence-corrected chi connectivity index (χ4v) is 14.1. The molecule has 0 bridgehead atoms. The Balaban J connectivity index is 0.000000171. The molecular formula is C68H68Br2F8I2N8O24. The lowest BCUT2D eigenvalue weighted by atomic mass is 10.1. The van der Waals surface area contributed by atoms with Crippen molar-refractivity contribution in [3.05, 3.63) is 267 Å². The highest BCUT2D eigenvalue weighted by molar-refractivity contribution is 14.1. The first kappa shape index (κ1) is 88.8. The standard InChI is InChI=1S/2C17H17BrF2N2O6.2C17H17F2IN2O6/c18-10-6-22(16-14(25)13(24)12(7-23)28-16)17(27)21(15(10)26)4-3-8-1-2-9(19)5-11(8)20;18-10-6-21(15-13(25)12(24)11(7-23)28-15)16(27)22(14(10)26)8-17(19,20)9-4-2-1-3-5-9;18-9-2-1-8(10(19)5-9)3-4-21-15(26)11(20)6-22(17(21)27)16-14(25)13(24)12(7-23)28-16;18-17(19,9-4-2-1-3-5-9)8-22-14(26)10(20)6-21(16(22)27)15-13(25)12(24)11(7-23)28-15/h1-2,5-6,12-14,16,23-25H,3-4,7H2;1-6,11-13,15,23-25H,7-8H2;1-2,5-6,12-14,16,23-25H,3-4,7H2;1-6,11-13,15,23-25H,7-8H2/t12-,13+,14?,16-;11-,12+,13?,15-;12-,13+,14?,16-;11-,12+,13?,15-/m1111/s1. The van der Waals surface area contributed by atoms with Crippen LogP contribution < -0.4 is 45.0 Å². The van der Waals surface area contributed by atoms with Gasteiger partial charge in [0, 0.05) is 61.1 Å². The van der Waals surface area contributed by atoms with Gasteiger partial charge in [0.15, 0.2) is 24.9 Å². The molecule has 12 N–H and O–H groups in total. The molecule has 4 saturated heterocycles. The van der Waals surface area contributed by atoms with Crippen molar-refractivity contribution in [2.45, 2.75) is 149 Å². The lowest BCUT2D eigenvalue weighted by molar-refractivity contribution is -0.0579. The number of aliphatic hydroxyl groups excluding tert-OH is 12. The topological polar surface area (TPSA) is 456 Å². The third-order valence-corrected chi connectivity index (χ3v) is 20.7. The summed E-state index contributed by atoms with van der Waals surface area (Å²) in [6, 6.07) is 19.5. The molecule has 0 saturated carbocycles. The molecule has 4 unspecified atom stereocenters. The summed E-state index contributed by atoms with van der Waals surface area (Å²) in [7, 11) is 0. The minimum Gasteiger partial charge on any atom is -0.394 e. The van der Waals surface area contributed by atoms with Crippen molar-refractivity contribution < 1.29 is 115 Å². The highest BCUT2D eigenvalue weighted by atomic mass is 127. The van der Waals surface area contributed by atoms with Crippen molar-refractivity contribution in [2.75, 3.05) is 26.4 Å². The molecule has 12 rings (SSSR count). The molecule has 8 heterocycles. The van der Waals surface area contributed by atoms with Crippen molar-refractivity contribution in [1.82, 2.24) is 36.5 Å². The summed E-state index contributed by atoms with van der Waals surface area (Å²) in [5.41, 5.74) is -7.65. The van der Waals surface area contributed by atoms with E-state index in [9.17, 15) is 135 Å². The molecule has 112 heavy (non-hydrogen) atoms. The van der Waals surface area contributed by atoms with Crippen LogP contribution in [0.1, 0.15) is 47.2 Å². The summed E-state index contributed by atoms with van der Waals surface area (Å²) >= 11 is 9.24. The number of aromatic nitrogens is 8. The highest BCUT2D eigenvalue weighted by Crippen LogP contribution is 2.35. The largest absolute Gasteiger partial charge is 0.394 e. The molecule has 4 aromatic carbocycles. The maximum Gasteiger partial charge on any atom is 0.333 e. The van der Waals surface area contributed by atoms with Crippen LogP contribution in [0.2, 0.25) is 0 Å². The van der Waals surface area contributed by atoms with Gasteiger partial charge in [0.2, 0.25) is 0 Å². The summed E-state index contributed by atoms with van der Waals surface area (Å²) in [6.07, 6.45) is -17.8. The van der Waals surface area contributed by atoms with Crippen molar-refractivity contribution in [3.8, 4) is 0 Å². The highest BCUT2D eigenvalue weighted by Gasteiger charge is 2.48. The second-order valence-corrected chi connectivity index (χ2v) is 29.4. The number of alkyl halides is 4. The average Bonchev–Trinajstić information content (AvgIpc) is 1.63. The fraction of sp³-hybridized carbons (Fsp3) is 0.412. The van der Waals surface area contributed by atoms with Gasteiger partial charge < -0.3 is 80.2 Å². The van der Waals surface area contributed by atoms with E-state index in [2.05, 4.69) is 31.9 Å². The summed E-state index contributed by atoms with van der Waals surface area (Å²) in [6.45, 7) is -5.23. The van der Waals surface area contributed by atoms with Crippen molar-refractivity contribution in [1.29, 1.82) is 0 Å². The maximum atomic E-state index is 14.6. The minimum absolute atomic E-state index is 0.0237. The average molecular weight is 1950 g/mol. The van der Waals surface area contributed by atoms with E-state index in [1.165, 1.54) is 66.9 Å². The van der Waals surface area contributed by atoms with Gasteiger partial charge in [0.05, 0.1) is 55.6 Å². The number of nitrogens with zero attached hydrogens (tertiary/aromatic N) is 8. The van der Waals surface area contributed by atoms with Crippen molar-refractivity contribution in [2.24, 2.45) is 0 Å². The lowest BCUT2D eigenvalue weighted by Crippen LogP contribution is -2.46. The first-order chi connectivity index (χ1) is 52.8. The Morgan fingerprint density at radius 3 is 0.938 bits per heavy atom. The third-order valence-electron chi connectivity index (χ3n) is 18.1. The second kappa shape index (κ2) is 37.6. The van der Waals surface area contributed by atoms with Gasteiger partial charge in [-0.1, -0.05) is 72.8 Å². The normalized spacial score (nSPS) is 24.9. The first-order valence-electron chi connectivity index (χ1n) is 33.1. The van der Waals surface area contributed by atoms with Gasteiger partial charge in [-0.2, -0.15) is 17.6 Å². The molecule has 4 aliphatic rings. The van der Waals surface area contributed by atoms with Crippen LogP contribution in [0.5, 0.6) is 0 Å². The molecule has 44 heteroatoms. The van der Waals surface area contributed by atoms with Crippen LogP contribution >= 0.6 is 77.0 Å². The number of halogens is 12.